The number of hydrogen-bond acceptors (Lipinski definition) is 3. The van der Waals surface area contributed by atoms with E-state index in [1.165, 1.54) is 40.5 Å². The van der Waals surface area contributed by atoms with Crippen molar-refractivity contribution in [3.05, 3.63) is 168 Å². The zero-order valence-electron chi connectivity index (χ0n) is 29.8. The highest BCUT2D eigenvalue weighted by Crippen LogP contribution is 2.37. The molecule has 0 radical (unpaired) electrons. The maximum Gasteiger partial charge on any atom is 0.310 e. The van der Waals surface area contributed by atoms with E-state index in [9.17, 15) is 4.79 Å². The largest absolute Gasteiger partial charge is 0.493 e. The smallest absolute Gasteiger partial charge is 0.310 e. The van der Waals surface area contributed by atoms with Crippen LogP contribution in [0.1, 0.15) is 42.5 Å². The Kier molecular flexibility index (Phi) is 13.0. The summed E-state index contributed by atoms with van der Waals surface area (Å²) in [6.07, 6.45) is 0.374. The molecular weight excluding hydrogens is 653 g/mol. The number of carbonyl (C=O) groups excluding carboxylic acids is 1. The first-order chi connectivity index (χ1) is 24.3. The van der Waals surface area contributed by atoms with Crippen LogP contribution in [0.25, 0.3) is 0 Å². The predicted octanol–water partition coefficient (Wildman–Crippen LogP) is 11.5. The average molecular weight is 699 g/mol. The van der Waals surface area contributed by atoms with Gasteiger partial charge in [-0.25, -0.2) is 0 Å². The molecule has 0 N–H and O–H groups in total. The lowest BCUT2D eigenvalue weighted by Gasteiger charge is -2.13. The average Bonchev–Trinajstić information content (AvgIpc) is 3.14. The second-order valence-electron chi connectivity index (χ2n) is 11.9. The number of hydrogen-bond donors (Lipinski definition) is 0. The zero-order chi connectivity index (χ0) is 35.5. The van der Waals surface area contributed by atoms with Gasteiger partial charge in [-0.05, 0) is 105 Å². The van der Waals surface area contributed by atoms with Gasteiger partial charge in [0.25, 0.3) is 0 Å². The van der Waals surface area contributed by atoms with Crippen LogP contribution in [0, 0.1) is 27.7 Å². The van der Waals surface area contributed by atoms with Crippen LogP contribution in [0.3, 0.4) is 0 Å². The van der Waals surface area contributed by atoms with Crippen LogP contribution in [0.5, 0.6) is 11.5 Å². The van der Waals surface area contributed by atoms with Crippen LogP contribution >= 0.6 is 0 Å². The molecule has 0 heterocycles. The molecule has 0 amide bonds. The van der Waals surface area contributed by atoms with E-state index >= 15 is 0 Å². The van der Waals surface area contributed by atoms with Gasteiger partial charge < -0.3 is 9.47 Å². The SMILES string of the molecule is CCC(=O)Oc1c(C)cc([S+](c2ccccc2)c2ccccc2)cc1C.CCOc1c(C)cc([S+](c2ccccc2)c2ccccc2)cc1C. The molecule has 0 saturated heterocycles. The number of carbonyl (C=O) groups is 1. The maximum atomic E-state index is 11.7. The lowest BCUT2D eigenvalue weighted by molar-refractivity contribution is -0.134. The van der Waals surface area contributed by atoms with E-state index in [1.54, 1.807) is 0 Å². The van der Waals surface area contributed by atoms with Gasteiger partial charge >= 0.3 is 5.97 Å². The minimum atomic E-state index is -0.200. The molecule has 0 bridgehead atoms. The molecule has 0 atom stereocenters. The molecular formula is C45H46O3S2+2. The summed E-state index contributed by atoms with van der Waals surface area (Å²) in [5.74, 6) is 1.50. The highest BCUT2D eigenvalue weighted by Gasteiger charge is 2.31. The van der Waals surface area contributed by atoms with E-state index in [2.05, 4.69) is 147 Å². The first-order valence-corrected chi connectivity index (χ1v) is 19.5. The van der Waals surface area contributed by atoms with Crippen LogP contribution in [0.4, 0.5) is 0 Å². The van der Waals surface area contributed by atoms with Crippen molar-refractivity contribution in [3.8, 4) is 11.5 Å². The molecule has 0 aromatic heterocycles. The van der Waals surface area contributed by atoms with E-state index in [-0.39, 0.29) is 27.8 Å². The van der Waals surface area contributed by atoms with Crippen LogP contribution in [0.15, 0.2) is 175 Å². The highest BCUT2D eigenvalue weighted by molar-refractivity contribution is 7.97. The molecule has 6 aromatic rings. The Morgan fingerprint density at radius 2 is 0.760 bits per heavy atom. The number of esters is 1. The second-order valence-corrected chi connectivity index (χ2v) is 16.0. The molecule has 0 spiro atoms. The summed E-state index contributed by atoms with van der Waals surface area (Å²) >= 11 is 0. The molecule has 0 unspecified atom stereocenters. The topological polar surface area (TPSA) is 35.5 Å². The Balaban J connectivity index is 0.000000195. The van der Waals surface area contributed by atoms with E-state index in [4.69, 9.17) is 9.47 Å². The molecule has 0 saturated carbocycles. The summed E-state index contributed by atoms with van der Waals surface area (Å²) in [6, 6.07) is 51.4. The fourth-order valence-corrected chi connectivity index (χ4v) is 10.3. The second kappa shape index (κ2) is 17.8. The Morgan fingerprint density at radius 1 is 0.460 bits per heavy atom. The predicted molar refractivity (Wildman–Crippen MR) is 209 cm³/mol. The van der Waals surface area contributed by atoms with Gasteiger partial charge in [0, 0.05) is 30.7 Å². The number of benzene rings is 6. The summed E-state index contributed by atoms with van der Waals surface area (Å²) in [4.78, 5) is 19.5. The van der Waals surface area contributed by atoms with Gasteiger partial charge in [0.1, 0.15) is 11.5 Å². The standard InChI is InChI=1S/C23H23O2S.C22H23OS/c1-4-22(24)25-23-17(2)15-21(16-18(23)3)26(19-11-7-5-8-12-19)20-13-9-6-10-14-20;1-4-23-22-17(2)15-21(16-18(22)3)24(19-11-7-5-8-12-19)20-13-9-6-10-14-20/h5-16H,4H2,1-3H3;5-16H,4H2,1-3H3/q2*+1. The van der Waals surface area contributed by atoms with Crippen molar-refractivity contribution in [1.82, 2.24) is 0 Å². The van der Waals surface area contributed by atoms with Gasteiger partial charge in [-0.3, -0.25) is 4.79 Å². The Bertz CT molecular complexity index is 1850. The lowest BCUT2D eigenvalue weighted by Crippen LogP contribution is -2.10. The normalized spacial score (nSPS) is 10.8. The fourth-order valence-electron chi connectivity index (χ4n) is 5.82. The van der Waals surface area contributed by atoms with Gasteiger partial charge in [-0.15, -0.1) is 0 Å². The summed E-state index contributed by atoms with van der Waals surface area (Å²) in [5, 5.41) is 0. The summed E-state index contributed by atoms with van der Waals surface area (Å²) in [7, 11) is -0.301. The van der Waals surface area contributed by atoms with E-state index < -0.39 is 0 Å². The molecule has 0 aliphatic heterocycles. The Morgan fingerprint density at radius 3 is 1.04 bits per heavy atom. The first kappa shape index (κ1) is 36.6. The van der Waals surface area contributed by atoms with Gasteiger partial charge in [-0.1, -0.05) is 79.7 Å². The van der Waals surface area contributed by atoms with Crippen molar-refractivity contribution >= 4 is 27.8 Å². The zero-order valence-corrected chi connectivity index (χ0v) is 31.4. The summed E-state index contributed by atoms with van der Waals surface area (Å²) in [5.41, 5.74) is 4.39. The van der Waals surface area contributed by atoms with Crippen molar-refractivity contribution in [2.75, 3.05) is 6.61 Å². The summed E-state index contributed by atoms with van der Waals surface area (Å²) < 4.78 is 11.4. The van der Waals surface area contributed by atoms with Crippen LogP contribution in [0.2, 0.25) is 0 Å². The first-order valence-electron chi connectivity index (χ1n) is 17.0. The molecule has 0 aliphatic rings. The van der Waals surface area contributed by atoms with Crippen LogP contribution in [-0.4, -0.2) is 12.6 Å². The lowest BCUT2D eigenvalue weighted by atomic mass is 10.1. The quantitative estimate of drug-likeness (QED) is 0.0811. The van der Waals surface area contributed by atoms with Crippen molar-refractivity contribution in [2.24, 2.45) is 0 Å². The molecule has 0 fully saturated rings. The molecule has 3 nitrogen and oxygen atoms in total. The van der Waals surface area contributed by atoms with Crippen molar-refractivity contribution in [1.29, 1.82) is 0 Å². The molecule has 50 heavy (non-hydrogen) atoms. The van der Waals surface area contributed by atoms with Gasteiger partial charge in [-0.2, -0.15) is 0 Å². The van der Waals surface area contributed by atoms with E-state index in [1.807, 2.05) is 39.8 Å². The minimum absolute atomic E-state index is 0.103. The Labute approximate surface area is 304 Å². The molecule has 6 aromatic carbocycles. The van der Waals surface area contributed by atoms with Gasteiger partial charge in [0.2, 0.25) is 0 Å². The minimum Gasteiger partial charge on any atom is -0.493 e. The number of ether oxygens (including phenoxy) is 2. The third kappa shape index (κ3) is 9.09. The van der Waals surface area contributed by atoms with Crippen LogP contribution < -0.4 is 9.47 Å². The molecule has 0 aliphatic carbocycles. The van der Waals surface area contributed by atoms with Crippen molar-refractivity contribution in [2.45, 2.75) is 77.3 Å². The fraction of sp³-hybridized carbons (Fsp3) is 0.178. The third-order valence-corrected chi connectivity index (χ3v) is 12.4. The van der Waals surface area contributed by atoms with Crippen molar-refractivity contribution < 1.29 is 14.3 Å². The molecule has 254 valence electrons. The van der Waals surface area contributed by atoms with Crippen molar-refractivity contribution in [3.63, 3.8) is 0 Å². The highest BCUT2D eigenvalue weighted by atomic mass is 32.2. The summed E-state index contributed by atoms with van der Waals surface area (Å²) in [6.45, 7) is 12.8. The molecule has 5 heteroatoms. The third-order valence-electron chi connectivity index (χ3n) is 8.05. The van der Waals surface area contributed by atoms with Gasteiger partial charge in [0.05, 0.1) is 28.4 Å². The maximum absolute atomic E-state index is 11.7. The van der Waals surface area contributed by atoms with Gasteiger partial charge in [0.15, 0.2) is 29.4 Å². The van der Waals surface area contributed by atoms with E-state index in [0.717, 1.165) is 16.9 Å². The monoisotopic (exact) mass is 698 g/mol. The molecule has 6 rings (SSSR count). The number of aryl methyl sites for hydroxylation is 4. The Hall–Kier alpha value is -4.71. The van der Waals surface area contributed by atoms with E-state index in [0.29, 0.717) is 18.8 Å². The number of rotatable bonds is 10. The van der Waals surface area contributed by atoms with Crippen LogP contribution in [-0.2, 0) is 26.6 Å².